The minimum absolute atomic E-state index is 0.0641. The third-order valence-corrected chi connectivity index (χ3v) is 8.20. The SMILES string of the molecule is O=C1CC[C@H](N2Cc3cc(O[C@H]4CCN(Cc5ccc6nc(N7CCC7)ncc6c5)C4)ccc3C2=O)C(=O)N1. The molecule has 0 bridgehead atoms. The first-order valence-electron chi connectivity index (χ1n) is 13.7. The van der Waals surface area contributed by atoms with Gasteiger partial charge in [0.2, 0.25) is 17.8 Å². The van der Waals surface area contributed by atoms with Crippen LogP contribution >= 0.6 is 0 Å². The number of ether oxygens (including phenoxy) is 1. The monoisotopic (exact) mass is 526 g/mol. The van der Waals surface area contributed by atoms with E-state index in [9.17, 15) is 14.4 Å². The fourth-order valence-corrected chi connectivity index (χ4v) is 5.95. The van der Waals surface area contributed by atoms with E-state index in [1.807, 2.05) is 18.3 Å². The van der Waals surface area contributed by atoms with E-state index in [4.69, 9.17) is 9.72 Å². The van der Waals surface area contributed by atoms with Gasteiger partial charge in [0, 0.05) is 62.8 Å². The summed E-state index contributed by atoms with van der Waals surface area (Å²) >= 11 is 0. The van der Waals surface area contributed by atoms with Gasteiger partial charge < -0.3 is 14.5 Å². The van der Waals surface area contributed by atoms with Gasteiger partial charge in [-0.05, 0) is 60.7 Å². The third kappa shape index (κ3) is 4.58. The highest BCUT2D eigenvalue weighted by Gasteiger charge is 2.39. The van der Waals surface area contributed by atoms with Gasteiger partial charge in [-0.2, -0.15) is 0 Å². The summed E-state index contributed by atoms with van der Waals surface area (Å²) < 4.78 is 6.32. The Morgan fingerprint density at radius 2 is 1.92 bits per heavy atom. The number of carbonyl (C=O) groups excluding carboxylic acids is 3. The number of nitrogens with zero attached hydrogens (tertiary/aromatic N) is 5. The van der Waals surface area contributed by atoms with Crippen molar-refractivity contribution < 1.29 is 19.1 Å². The maximum Gasteiger partial charge on any atom is 0.255 e. The van der Waals surface area contributed by atoms with E-state index >= 15 is 0 Å². The number of amides is 3. The van der Waals surface area contributed by atoms with Crippen molar-refractivity contribution in [3.8, 4) is 5.75 Å². The zero-order chi connectivity index (χ0) is 26.5. The number of aromatic nitrogens is 2. The summed E-state index contributed by atoms with van der Waals surface area (Å²) in [5.41, 5.74) is 3.66. The number of piperidine rings is 1. The van der Waals surface area contributed by atoms with Gasteiger partial charge in [0.05, 0.1) is 5.52 Å². The highest BCUT2D eigenvalue weighted by atomic mass is 16.5. The molecule has 5 heterocycles. The molecule has 4 aliphatic rings. The van der Waals surface area contributed by atoms with E-state index in [-0.39, 0.29) is 24.3 Å². The maximum atomic E-state index is 12.9. The summed E-state index contributed by atoms with van der Waals surface area (Å²) in [5, 5.41) is 3.40. The Bertz CT molecular complexity index is 1490. The fraction of sp³-hybridized carbons (Fsp3) is 0.414. The van der Waals surface area contributed by atoms with E-state index in [0.717, 1.165) is 67.3 Å². The molecule has 3 fully saturated rings. The largest absolute Gasteiger partial charge is 0.489 e. The molecule has 0 unspecified atom stereocenters. The lowest BCUT2D eigenvalue weighted by molar-refractivity contribution is -0.136. The molecule has 10 heteroatoms. The Morgan fingerprint density at radius 1 is 1.03 bits per heavy atom. The minimum Gasteiger partial charge on any atom is -0.489 e. The molecule has 0 aliphatic carbocycles. The number of nitrogens with one attached hydrogen (secondary N) is 1. The molecule has 10 nitrogen and oxygen atoms in total. The van der Waals surface area contributed by atoms with Crippen LogP contribution in [0.2, 0.25) is 0 Å². The Kier molecular flexibility index (Phi) is 5.92. The van der Waals surface area contributed by atoms with Crippen LogP contribution in [0.25, 0.3) is 10.9 Å². The quantitative estimate of drug-likeness (QED) is 0.488. The molecule has 3 aromatic rings. The first kappa shape index (κ1) is 24.0. The van der Waals surface area contributed by atoms with Crippen molar-refractivity contribution in [2.24, 2.45) is 0 Å². The average molecular weight is 527 g/mol. The lowest BCUT2D eigenvalue weighted by Crippen LogP contribution is -2.52. The van der Waals surface area contributed by atoms with Crippen molar-refractivity contribution >= 4 is 34.6 Å². The highest BCUT2D eigenvalue weighted by molar-refractivity contribution is 6.05. The van der Waals surface area contributed by atoms with Crippen LogP contribution in [0.15, 0.2) is 42.6 Å². The van der Waals surface area contributed by atoms with E-state index in [1.54, 1.807) is 11.0 Å². The lowest BCUT2D eigenvalue weighted by Gasteiger charge is -2.30. The number of hydrogen-bond donors (Lipinski definition) is 1. The molecular weight excluding hydrogens is 496 g/mol. The van der Waals surface area contributed by atoms with Crippen LogP contribution < -0.4 is 15.0 Å². The summed E-state index contributed by atoms with van der Waals surface area (Å²) in [5.74, 6) is 0.702. The average Bonchev–Trinajstić information content (AvgIpc) is 3.46. The molecule has 4 aliphatic heterocycles. The van der Waals surface area contributed by atoms with Gasteiger partial charge in [-0.3, -0.25) is 24.6 Å². The van der Waals surface area contributed by atoms with Crippen molar-refractivity contribution in [3.63, 3.8) is 0 Å². The zero-order valence-electron chi connectivity index (χ0n) is 21.6. The van der Waals surface area contributed by atoms with Crippen molar-refractivity contribution in [2.75, 3.05) is 31.1 Å². The van der Waals surface area contributed by atoms with Crippen molar-refractivity contribution in [1.29, 1.82) is 0 Å². The van der Waals surface area contributed by atoms with Crippen LogP contribution in [0, 0.1) is 0 Å². The summed E-state index contributed by atoms with van der Waals surface area (Å²) in [6.07, 6.45) is 4.72. The van der Waals surface area contributed by atoms with Gasteiger partial charge >= 0.3 is 0 Å². The van der Waals surface area contributed by atoms with E-state index in [0.29, 0.717) is 18.5 Å². The first-order valence-corrected chi connectivity index (χ1v) is 13.7. The zero-order valence-corrected chi connectivity index (χ0v) is 21.6. The molecule has 0 spiro atoms. The molecule has 200 valence electrons. The number of carbonyl (C=O) groups is 3. The summed E-state index contributed by atoms with van der Waals surface area (Å²) in [4.78, 5) is 52.2. The molecule has 2 atom stereocenters. The summed E-state index contributed by atoms with van der Waals surface area (Å²) in [6, 6.07) is 11.3. The van der Waals surface area contributed by atoms with Gasteiger partial charge in [-0.15, -0.1) is 0 Å². The molecule has 39 heavy (non-hydrogen) atoms. The van der Waals surface area contributed by atoms with Gasteiger partial charge in [0.1, 0.15) is 17.9 Å². The molecule has 1 aromatic heterocycles. The van der Waals surface area contributed by atoms with Crippen LogP contribution in [0.1, 0.15) is 47.2 Å². The van der Waals surface area contributed by atoms with Gasteiger partial charge in [0.25, 0.3) is 5.91 Å². The predicted octanol–water partition coefficient (Wildman–Crippen LogP) is 2.25. The Morgan fingerprint density at radius 3 is 2.74 bits per heavy atom. The smallest absolute Gasteiger partial charge is 0.255 e. The maximum absolute atomic E-state index is 12.9. The van der Waals surface area contributed by atoms with E-state index in [2.05, 4.69) is 38.3 Å². The number of benzene rings is 2. The number of rotatable bonds is 6. The number of anilines is 1. The van der Waals surface area contributed by atoms with E-state index in [1.165, 1.54) is 12.0 Å². The predicted molar refractivity (Wildman–Crippen MR) is 143 cm³/mol. The van der Waals surface area contributed by atoms with Crippen molar-refractivity contribution in [1.82, 2.24) is 25.1 Å². The number of hydrogen-bond acceptors (Lipinski definition) is 8. The Balaban J connectivity index is 0.968. The molecule has 1 N–H and O–H groups in total. The fourth-order valence-electron chi connectivity index (χ4n) is 5.95. The Labute approximate surface area is 225 Å². The van der Waals surface area contributed by atoms with Crippen LogP contribution in [-0.2, 0) is 22.7 Å². The van der Waals surface area contributed by atoms with Crippen molar-refractivity contribution in [2.45, 2.75) is 50.9 Å². The van der Waals surface area contributed by atoms with Crippen LogP contribution in [0.5, 0.6) is 5.75 Å². The normalized spacial score (nSPS) is 23.2. The van der Waals surface area contributed by atoms with Gasteiger partial charge in [-0.25, -0.2) is 9.97 Å². The summed E-state index contributed by atoms with van der Waals surface area (Å²) in [7, 11) is 0. The second-order valence-corrected chi connectivity index (χ2v) is 10.9. The lowest BCUT2D eigenvalue weighted by atomic mass is 10.0. The van der Waals surface area contributed by atoms with E-state index < -0.39 is 11.9 Å². The van der Waals surface area contributed by atoms with Crippen LogP contribution in [0.3, 0.4) is 0 Å². The highest BCUT2D eigenvalue weighted by Crippen LogP contribution is 2.31. The van der Waals surface area contributed by atoms with Crippen molar-refractivity contribution in [3.05, 3.63) is 59.3 Å². The minimum atomic E-state index is -0.611. The van der Waals surface area contributed by atoms with Crippen LogP contribution in [0.4, 0.5) is 5.95 Å². The molecule has 7 rings (SSSR count). The Hall–Kier alpha value is -4.05. The number of likely N-dealkylation sites (tertiary alicyclic amines) is 1. The molecular formula is C29H30N6O4. The molecule has 0 saturated carbocycles. The number of fused-ring (bicyclic) bond motifs is 2. The second-order valence-electron chi connectivity index (χ2n) is 10.9. The third-order valence-electron chi connectivity index (χ3n) is 8.20. The van der Waals surface area contributed by atoms with Crippen LogP contribution in [-0.4, -0.2) is 75.8 Å². The molecule has 0 radical (unpaired) electrons. The molecule has 3 saturated heterocycles. The first-order chi connectivity index (χ1) is 19.0. The van der Waals surface area contributed by atoms with Gasteiger partial charge in [-0.1, -0.05) is 6.07 Å². The topological polar surface area (TPSA) is 108 Å². The number of imide groups is 1. The van der Waals surface area contributed by atoms with Gasteiger partial charge in [0.15, 0.2) is 0 Å². The molecule has 3 amide bonds. The standard InChI is InChI=1S/C29H30N6O4/c36-26-7-6-25(27(37)32-26)35-16-20-13-21(3-4-23(20)28(35)38)39-22-8-11-33(17-22)15-18-2-5-24-19(12-18)14-30-29(31-24)34-9-1-10-34/h2-5,12-14,22,25H,1,6-11,15-17H2,(H,32,36,37)/t22-,25-/m0/s1. The molecule has 2 aromatic carbocycles. The summed E-state index contributed by atoms with van der Waals surface area (Å²) in [6.45, 7) is 5.02. The second kappa shape index (κ2) is 9.60.